The fourth-order valence-electron chi connectivity index (χ4n) is 2.82. The topological polar surface area (TPSA) is 40.7 Å². The Morgan fingerprint density at radius 3 is 3.06 bits per heavy atom. The van der Waals surface area contributed by atoms with Crippen LogP contribution in [0.2, 0.25) is 0 Å². The van der Waals surface area contributed by atoms with Crippen LogP contribution in [0.4, 0.5) is 0 Å². The first-order valence-electron chi connectivity index (χ1n) is 6.15. The first-order chi connectivity index (χ1) is 8.61. The van der Waals surface area contributed by atoms with Gasteiger partial charge in [-0.3, -0.25) is 0 Å². The molecular weight excluding hydrogens is 290 g/mol. The summed E-state index contributed by atoms with van der Waals surface area (Å²) in [6, 6.07) is 6.41. The number of rotatable bonds is 1. The van der Waals surface area contributed by atoms with Gasteiger partial charge in [0, 0.05) is 23.1 Å². The van der Waals surface area contributed by atoms with Crippen LogP contribution in [0.5, 0.6) is 0 Å². The maximum atomic E-state index is 4.52. The molecule has 1 aromatic carbocycles. The molecule has 2 aromatic rings. The number of imidazole rings is 1. The number of nitrogens with one attached hydrogen (secondary N) is 2. The Morgan fingerprint density at radius 2 is 2.22 bits per heavy atom. The molecule has 18 heavy (non-hydrogen) atoms. The molecule has 0 fully saturated rings. The first-order valence-corrected chi connectivity index (χ1v) is 6.95. The van der Waals surface area contributed by atoms with Gasteiger partial charge in [0.1, 0.15) is 0 Å². The van der Waals surface area contributed by atoms with Gasteiger partial charge < -0.3 is 10.3 Å². The van der Waals surface area contributed by atoms with Crippen LogP contribution in [-0.2, 0) is 12.0 Å². The monoisotopic (exact) mass is 305 g/mol. The fraction of sp³-hybridized carbons (Fsp3) is 0.357. The van der Waals surface area contributed by atoms with Crippen LogP contribution in [0.1, 0.15) is 29.4 Å². The second-order valence-corrected chi connectivity index (χ2v) is 5.91. The lowest BCUT2D eigenvalue weighted by Crippen LogP contribution is -2.46. The summed E-state index contributed by atoms with van der Waals surface area (Å²) in [5, 5.41) is 3.62. The molecule has 3 rings (SSSR count). The number of aromatic nitrogens is 2. The van der Waals surface area contributed by atoms with Crippen LogP contribution < -0.4 is 5.32 Å². The van der Waals surface area contributed by atoms with Gasteiger partial charge in [-0.1, -0.05) is 22.0 Å². The first kappa shape index (κ1) is 11.9. The fourth-order valence-corrected chi connectivity index (χ4v) is 3.18. The third kappa shape index (κ3) is 1.71. The third-order valence-corrected chi connectivity index (χ3v) is 4.28. The Bertz CT molecular complexity index is 590. The molecule has 0 bridgehead atoms. The maximum Gasteiger partial charge on any atom is 0.0926 e. The molecule has 2 N–H and O–H groups in total. The van der Waals surface area contributed by atoms with Crippen LogP contribution in [0.15, 0.2) is 29.0 Å². The summed E-state index contributed by atoms with van der Waals surface area (Å²) < 4.78 is 1.11. The van der Waals surface area contributed by atoms with Crippen LogP contribution in [0, 0.1) is 6.92 Å². The minimum Gasteiger partial charge on any atom is -0.348 e. The van der Waals surface area contributed by atoms with Gasteiger partial charge >= 0.3 is 0 Å². The van der Waals surface area contributed by atoms with Crippen molar-refractivity contribution >= 4 is 15.9 Å². The van der Waals surface area contributed by atoms with E-state index in [1.165, 1.54) is 16.8 Å². The van der Waals surface area contributed by atoms with Gasteiger partial charge in [0.15, 0.2) is 0 Å². The number of fused-ring (bicyclic) bond motifs is 1. The summed E-state index contributed by atoms with van der Waals surface area (Å²) in [6.07, 6.45) is 2.81. The van der Waals surface area contributed by atoms with Gasteiger partial charge in [-0.2, -0.15) is 0 Å². The highest BCUT2D eigenvalue weighted by molar-refractivity contribution is 9.10. The summed E-state index contributed by atoms with van der Waals surface area (Å²) >= 11 is 3.56. The Hall–Kier alpha value is -1.13. The zero-order valence-electron chi connectivity index (χ0n) is 10.5. The highest BCUT2D eigenvalue weighted by Crippen LogP contribution is 2.35. The van der Waals surface area contributed by atoms with Crippen molar-refractivity contribution < 1.29 is 0 Å². The molecule has 0 saturated heterocycles. The summed E-state index contributed by atoms with van der Waals surface area (Å²) in [5.41, 5.74) is 4.72. The van der Waals surface area contributed by atoms with Gasteiger partial charge in [0.25, 0.3) is 0 Å². The largest absolute Gasteiger partial charge is 0.348 e. The summed E-state index contributed by atoms with van der Waals surface area (Å²) in [5.74, 6) is 0. The Labute approximate surface area is 115 Å². The zero-order valence-corrected chi connectivity index (χ0v) is 12.1. The quantitative estimate of drug-likeness (QED) is 0.850. The van der Waals surface area contributed by atoms with Crippen molar-refractivity contribution in [1.82, 2.24) is 15.3 Å². The van der Waals surface area contributed by atoms with E-state index in [0.717, 1.165) is 23.1 Å². The van der Waals surface area contributed by atoms with Crippen molar-refractivity contribution in [1.29, 1.82) is 0 Å². The smallest absolute Gasteiger partial charge is 0.0926 e. The molecule has 1 atom stereocenters. The maximum absolute atomic E-state index is 4.52. The predicted molar refractivity (Wildman–Crippen MR) is 75.6 cm³/mol. The van der Waals surface area contributed by atoms with Gasteiger partial charge in [-0.15, -0.1) is 0 Å². The van der Waals surface area contributed by atoms with Gasteiger partial charge in [-0.05, 0) is 37.1 Å². The second-order valence-electron chi connectivity index (χ2n) is 4.99. The van der Waals surface area contributed by atoms with E-state index < -0.39 is 0 Å². The van der Waals surface area contributed by atoms with Crippen molar-refractivity contribution in [2.24, 2.45) is 0 Å². The SMILES string of the molecule is Cc1ccc(Br)cc1C1(C)NCCc2[nH]cnc21. The molecule has 1 unspecified atom stereocenters. The number of halogens is 1. The Balaban J connectivity index is 2.20. The Kier molecular flexibility index (Phi) is 2.79. The van der Waals surface area contributed by atoms with Crippen molar-refractivity contribution in [2.75, 3.05) is 6.54 Å². The average Bonchev–Trinajstić information content (AvgIpc) is 2.82. The van der Waals surface area contributed by atoms with Crippen molar-refractivity contribution in [3.63, 3.8) is 0 Å². The predicted octanol–water partition coefficient (Wildman–Crippen LogP) is 2.89. The minimum atomic E-state index is -0.207. The van der Waals surface area contributed by atoms with E-state index in [1.807, 2.05) is 0 Å². The molecule has 4 heteroatoms. The van der Waals surface area contributed by atoms with E-state index in [4.69, 9.17) is 0 Å². The number of benzene rings is 1. The van der Waals surface area contributed by atoms with Crippen molar-refractivity contribution in [3.05, 3.63) is 51.5 Å². The molecular formula is C14H16BrN3. The molecule has 3 nitrogen and oxygen atoms in total. The van der Waals surface area contributed by atoms with Gasteiger partial charge in [-0.25, -0.2) is 4.98 Å². The minimum absolute atomic E-state index is 0.207. The highest BCUT2D eigenvalue weighted by Gasteiger charge is 2.36. The van der Waals surface area contributed by atoms with Crippen LogP contribution in [0.3, 0.4) is 0 Å². The second kappa shape index (κ2) is 4.21. The molecule has 1 aliphatic rings. The lowest BCUT2D eigenvalue weighted by Gasteiger charge is -2.35. The number of nitrogens with zero attached hydrogens (tertiary/aromatic N) is 1. The molecule has 0 spiro atoms. The molecule has 0 aliphatic carbocycles. The third-order valence-electron chi connectivity index (χ3n) is 3.78. The number of aryl methyl sites for hydroxylation is 1. The molecule has 0 amide bonds. The molecule has 0 saturated carbocycles. The highest BCUT2D eigenvalue weighted by atomic mass is 79.9. The van der Waals surface area contributed by atoms with E-state index in [0.29, 0.717) is 0 Å². The Morgan fingerprint density at radius 1 is 1.39 bits per heavy atom. The summed E-state index contributed by atoms with van der Waals surface area (Å²) in [6.45, 7) is 5.33. The van der Waals surface area contributed by atoms with E-state index in [9.17, 15) is 0 Å². The van der Waals surface area contributed by atoms with Crippen LogP contribution >= 0.6 is 15.9 Å². The van der Waals surface area contributed by atoms with E-state index in [1.54, 1.807) is 6.33 Å². The van der Waals surface area contributed by atoms with Gasteiger partial charge in [0.2, 0.25) is 0 Å². The van der Waals surface area contributed by atoms with Crippen LogP contribution in [0.25, 0.3) is 0 Å². The molecule has 94 valence electrons. The standard InChI is InChI=1S/C14H16BrN3/c1-9-3-4-10(15)7-11(9)14(2)13-12(5-6-18-14)16-8-17-13/h3-4,7-8,18H,5-6H2,1-2H3,(H,16,17). The molecule has 2 heterocycles. The summed E-state index contributed by atoms with van der Waals surface area (Å²) in [7, 11) is 0. The molecule has 1 aliphatic heterocycles. The molecule has 0 radical (unpaired) electrons. The normalized spacial score (nSPS) is 22.8. The van der Waals surface area contributed by atoms with Gasteiger partial charge in [0.05, 0.1) is 17.6 Å². The average molecular weight is 306 g/mol. The van der Waals surface area contributed by atoms with E-state index >= 15 is 0 Å². The number of H-pyrrole nitrogens is 1. The van der Waals surface area contributed by atoms with E-state index in [2.05, 4.69) is 63.3 Å². The van der Waals surface area contributed by atoms with Crippen molar-refractivity contribution in [2.45, 2.75) is 25.8 Å². The number of hydrogen-bond acceptors (Lipinski definition) is 2. The van der Waals surface area contributed by atoms with Crippen LogP contribution in [-0.4, -0.2) is 16.5 Å². The lowest BCUT2D eigenvalue weighted by molar-refractivity contribution is 0.401. The molecule has 1 aromatic heterocycles. The number of hydrogen-bond donors (Lipinski definition) is 2. The van der Waals surface area contributed by atoms with Crippen molar-refractivity contribution in [3.8, 4) is 0 Å². The lowest BCUT2D eigenvalue weighted by atomic mass is 9.82. The zero-order chi connectivity index (χ0) is 12.8. The van der Waals surface area contributed by atoms with E-state index in [-0.39, 0.29) is 5.54 Å². The summed E-state index contributed by atoms with van der Waals surface area (Å²) in [4.78, 5) is 7.78. The number of aromatic amines is 1.